The van der Waals surface area contributed by atoms with Crippen LogP contribution in [0.2, 0.25) is 5.02 Å². The Morgan fingerprint density at radius 3 is 2.35 bits per heavy atom. The molecule has 1 saturated carbocycles. The Hall–Kier alpha value is -1.47. The van der Waals surface area contributed by atoms with Crippen molar-refractivity contribution in [2.24, 2.45) is 0 Å². The Bertz CT molecular complexity index is 586. The van der Waals surface area contributed by atoms with Crippen molar-refractivity contribution in [3.05, 3.63) is 64.7 Å². The highest BCUT2D eigenvalue weighted by atomic mass is 35.5. The first kappa shape index (κ1) is 13.5. The Morgan fingerprint density at radius 2 is 1.65 bits per heavy atom. The highest BCUT2D eigenvalue weighted by molar-refractivity contribution is 6.31. The molecule has 0 aromatic heterocycles. The summed E-state index contributed by atoms with van der Waals surface area (Å²) in [4.78, 5) is 0. The van der Waals surface area contributed by atoms with Gasteiger partial charge in [0.25, 0.3) is 0 Å². The second-order valence-electron chi connectivity index (χ2n) is 5.69. The van der Waals surface area contributed by atoms with Crippen LogP contribution in [0.25, 0.3) is 0 Å². The molecule has 0 saturated heterocycles. The largest absolute Gasteiger partial charge is 0.375 e. The van der Waals surface area contributed by atoms with Crippen molar-refractivity contribution in [3.63, 3.8) is 0 Å². The predicted octanol–water partition coefficient (Wildman–Crippen LogP) is 5.53. The van der Waals surface area contributed by atoms with Gasteiger partial charge < -0.3 is 5.32 Å². The van der Waals surface area contributed by atoms with Crippen LogP contribution in [0.15, 0.2) is 48.5 Å². The molecule has 0 radical (unpaired) electrons. The van der Waals surface area contributed by atoms with Crippen LogP contribution in [0.5, 0.6) is 0 Å². The van der Waals surface area contributed by atoms with Gasteiger partial charge in [-0.15, -0.1) is 0 Å². The number of nitrogens with one attached hydrogen (secondary N) is 1. The maximum atomic E-state index is 6.25. The van der Waals surface area contributed by atoms with E-state index >= 15 is 0 Å². The van der Waals surface area contributed by atoms with Gasteiger partial charge in [-0.1, -0.05) is 60.8 Å². The van der Waals surface area contributed by atoms with Crippen molar-refractivity contribution in [3.8, 4) is 0 Å². The lowest BCUT2D eigenvalue weighted by Crippen LogP contribution is -2.32. The molecule has 1 aliphatic carbocycles. The lowest BCUT2D eigenvalue weighted by atomic mass is 9.87. The molecule has 0 spiro atoms. The van der Waals surface area contributed by atoms with Crippen LogP contribution in [-0.4, -0.2) is 0 Å². The monoisotopic (exact) mass is 285 g/mol. The predicted molar refractivity (Wildman–Crippen MR) is 86.4 cm³/mol. The minimum atomic E-state index is 0.0662. The summed E-state index contributed by atoms with van der Waals surface area (Å²) in [6.07, 6.45) is 4.93. The van der Waals surface area contributed by atoms with Crippen molar-refractivity contribution in [2.45, 2.75) is 38.1 Å². The first-order valence-corrected chi connectivity index (χ1v) is 7.68. The third kappa shape index (κ3) is 2.43. The van der Waals surface area contributed by atoms with Crippen molar-refractivity contribution in [2.75, 3.05) is 5.32 Å². The van der Waals surface area contributed by atoms with E-state index in [-0.39, 0.29) is 5.54 Å². The van der Waals surface area contributed by atoms with Gasteiger partial charge in [-0.3, -0.25) is 0 Å². The molecular weight excluding hydrogens is 266 g/mol. The summed E-state index contributed by atoms with van der Waals surface area (Å²) in [7, 11) is 0. The van der Waals surface area contributed by atoms with Gasteiger partial charge >= 0.3 is 0 Å². The van der Waals surface area contributed by atoms with Crippen molar-refractivity contribution >= 4 is 17.3 Å². The van der Waals surface area contributed by atoms with E-state index in [4.69, 9.17) is 11.6 Å². The summed E-state index contributed by atoms with van der Waals surface area (Å²) in [5.74, 6) is 0. The standard InChI is InChI=1S/C18H20ClN/c1-14-16(19)10-7-11-17(14)20-18(12-5-6-13-18)15-8-3-2-4-9-15/h2-4,7-11,20H,5-6,12-13H2,1H3. The van der Waals surface area contributed by atoms with Gasteiger partial charge in [0.15, 0.2) is 0 Å². The molecule has 2 aromatic carbocycles. The van der Waals surface area contributed by atoms with Crippen molar-refractivity contribution in [1.29, 1.82) is 0 Å². The Balaban J connectivity index is 1.98. The minimum Gasteiger partial charge on any atom is -0.375 e. The van der Waals surface area contributed by atoms with E-state index in [0.29, 0.717) is 0 Å². The SMILES string of the molecule is Cc1c(Cl)cccc1NC1(c2ccccc2)CCCC1. The molecule has 1 aliphatic rings. The lowest BCUT2D eigenvalue weighted by molar-refractivity contribution is 0.508. The molecule has 1 fully saturated rings. The van der Waals surface area contributed by atoms with E-state index in [1.165, 1.54) is 31.2 Å². The van der Waals surface area contributed by atoms with Crippen LogP contribution in [0.4, 0.5) is 5.69 Å². The van der Waals surface area contributed by atoms with Crippen LogP contribution < -0.4 is 5.32 Å². The van der Waals surface area contributed by atoms with Gasteiger partial charge in [-0.2, -0.15) is 0 Å². The maximum Gasteiger partial charge on any atom is 0.0625 e. The fourth-order valence-corrected chi connectivity index (χ4v) is 3.40. The number of benzene rings is 2. The third-order valence-corrected chi connectivity index (χ3v) is 4.83. The second-order valence-corrected chi connectivity index (χ2v) is 6.10. The molecule has 0 heterocycles. The zero-order chi connectivity index (χ0) is 14.0. The summed E-state index contributed by atoms with van der Waals surface area (Å²) in [6, 6.07) is 16.9. The van der Waals surface area contributed by atoms with Crippen molar-refractivity contribution < 1.29 is 0 Å². The third-order valence-electron chi connectivity index (χ3n) is 4.43. The second kappa shape index (κ2) is 5.49. The number of hydrogen-bond donors (Lipinski definition) is 1. The zero-order valence-electron chi connectivity index (χ0n) is 11.8. The molecule has 3 rings (SSSR count). The van der Waals surface area contributed by atoms with E-state index in [9.17, 15) is 0 Å². The molecule has 0 aliphatic heterocycles. The summed E-state index contributed by atoms with van der Waals surface area (Å²) >= 11 is 6.25. The normalized spacial score (nSPS) is 17.1. The van der Waals surface area contributed by atoms with Gasteiger partial charge in [0, 0.05) is 10.7 Å². The fraction of sp³-hybridized carbons (Fsp3) is 0.333. The van der Waals surface area contributed by atoms with E-state index in [2.05, 4.69) is 48.6 Å². The zero-order valence-corrected chi connectivity index (χ0v) is 12.6. The number of hydrogen-bond acceptors (Lipinski definition) is 1. The summed E-state index contributed by atoms with van der Waals surface area (Å²) < 4.78 is 0. The van der Waals surface area contributed by atoms with Crippen LogP contribution >= 0.6 is 11.6 Å². The molecule has 2 heteroatoms. The van der Waals surface area contributed by atoms with Gasteiger partial charge in [0.05, 0.1) is 5.54 Å². The first-order chi connectivity index (χ1) is 9.71. The van der Waals surface area contributed by atoms with E-state index in [0.717, 1.165) is 16.3 Å². The quantitative estimate of drug-likeness (QED) is 0.782. The lowest BCUT2D eigenvalue weighted by Gasteiger charge is -2.33. The molecule has 0 atom stereocenters. The number of rotatable bonds is 3. The Labute approximate surface area is 126 Å². The van der Waals surface area contributed by atoms with Crippen LogP contribution in [0, 0.1) is 6.92 Å². The van der Waals surface area contributed by atoms with E-state index in [1.807, 2.05) is 12.1 Å². The first-order valence-electron chi connectivity index (χ1n) is 7.30. The van der Waals surface area contributed by atoms with E-state index < -0.39 is 0 Å². The van der Waals surface area contributed by atoms with Gasteiger partial charge in [-0.25, -0.2) is 0 Å². The molecule has 1 N–H and O–H groups in total. The molecule has 1 nitrogen and oxygen atoms in total. The van der Waals surface area contributed by atoms with Gasteiger partial charge in [0.2, 0.25) is 0 Å². The highest BCUT2D eigenvalue weighted by Crippen LogP contribution is 2.42. The molecule has 20 heavy (non-hydrogen) atoms. The molecular formula is C18H20ClN. The molecule has 0 amide bonds. The smallest absolute Gasteiger partial charge is 0.0625 e. The molecule has 0 bridgehead atoms. The maximum absolute atomic E-state index is 6.25. The summed E-state index contributed by atoms with van der Waals surface area (Å²) in [6.45, 7) is 2.08. The van der Waals surface area contributed by atoms with Gasteiger partial charge in [0.1, 0.15) is 0 Å². The molecule has 0 unspecified atom stereocenters. The summed E-state index contributed by atoms with van der Waals surface area (Å²) in [5.41, 5.74) is 3.74. The van der Waals surface area contributed by atoms with Gasteiger partial charge in [-0.05, 0) is 43.0 Å². The number of halogens is 1. The average molecular weight is 286 g/mol. The van der Waals surface area contributed by atoms with E-state index in [1.54, 1.807) is 0 Å². The van der Waals surface area contributed by atoms with Crippen molar-refractivity contribution in [1.82, 2.24) is 0 Å². The fourth-order valence-electron chi connectivity index (χ4n) is 3.22. The Morgan fingerprint density at radius 1 is 0.950 bits per heavy atom. The van der Waals surface area contributed by atoms with Crippen LogP contribution in [0.1, 0.15) is 36.8 Å². The minimum absolute atomic E-state index is 0.0662. The van der Waals surface area contributed by atoms with Crippen LogP contribution in [-0.2, 0) is 5.54 Å². The van der Waals surface area contributed by atoms with Crippen LogP contribution in [0.3, 0.4) is 0 Å². The Kier molecular flexibility index (Phi) is 3.71. The topological polar surface area (TPSA) is 12.0 Å². The molecule has 104 valence electrons. The average Bonchev–Trinajstić information content (AvgIpc) is 2.95. The summed E-state index contributed by atoms with van der Waals surface area (Å²) in [5, 5.41) is 4.63. The molecule has 2 aromatic rings. The number of anilines is 1. The highest BCUT2D eigenvalue weighted by Gasteiger charge is 2.35.